The van der Waals surface area contributed by atoms with E-state index >= 15 is 0 Å². The molecule has 4 N–H and O–H groups in total. The molecule has 0 heterocycles. The van der Waals surface area contributed by atoms with Crippen LogP contribution in [0.5, 0.6) is 0 Å². The monoisotopic (exact) mass is 262 g/mol. The van der Waals surface area contributed by atoms with Crippen LogP contribution in [0, 0.1) is 11.8 Å². The lowest BCUT2D eigenvalue weighted by Crippen LogP contribution is -2.19. The first kappa shape index (κ1) is 15.7. The van der Waals surface area contributed by atoms with Gasteiger partial charge >= 0.3 is 0 Å². The van der Waals surface area contributed by atoms with Gasteiger partial charge in [0.15, 0.2) is 0 Å². The Hall–Kier alpha value is -1.35. The fourth-order valence-electron chi connectivity index (χ4n) is 2.37. The van der Waals surface area contributed by atoms with Gasteiger partial charge < -0.3 is 11.5 Å². The second-order valence-electron chi connectivity index (χ2n) is 5.96. The van der Waals surface area contributed by atoms with E-state index in [1.807, 2.05) is 6.92 Å². The van der Waals surface area contributed by atoms with E-state index in [9.17, 15) is 4.79 Å². The third kappa shape index (κ3) is 5.88. The lowest BCUT2D eigenvalue weighted by Gasteiger charge is -2.17. The van der Waals surface area contributed by atoms with E-state index in [4.69, 9.17) is 11.5 Å². The van der Waals surface area contributed by atoms with Gasteiger partial charge in [0.2, 0.25) is 5.91 Å². The first-order chi connectivity index (χ1) is 8.88. The molecule has 3 nitrogen and oxygen atoms in total. The van der Waals surface area contributed by atoms with E-state index in [-0.39, 0.29) is 17.9 Å². The highest BCUT2D eigenvalue weighted by molar-refractivity contribution is 5.73. The number of carbonyl (C=O) groups is 1. The molecular weight excluding hydrogens is 236 g/mol. The standard InChI is InChI=1S/C16H26N2O/c1-11(2)8-13-4-6-14(7-5-13)15(17)9-12(3)10-16(18)19/h4-7,11-12,15H,8-10,17H2,1-3H3,(H2,18,19). The Kier molecular flexibility index (Phi) is 6.03. The van der Waals surface area contributed by atoms with Gasteiger partial charge in [-0.2, -0.15) is 0 Å². The Morgan fingerprint density at radius 1 is 1.16 bits per heavy atom. The Morgan fingerprint density at radius 3 is 2.21 bits per heavy atom. The van der Waals surface area contributed by atoms with Gasteiger partial charge in [0.1, 0.15) is 0 Å². The molecule has 106 valence electrons. The summed E-state index contributed by atoms with van der Waals surface area (Å²) in [6, 6.07) is 8.46. The summed E-state index contributed by atoms with van der Waals surface area (Å²) in [7, 11) is 0. The molecule has 0 saturated heterocycles. The minimum absolute atomic E-state index is 0.0255. The Morgan fingerprint density at radius 2 is 1.74 bits per heavy atom. The van der Waals surface area contributed by atoms with Gasteiger partial charge in [-0.05, 0) is 35.8 Å². The van der Waals surface area contributed by atoms with Crippen LogP contribution in [0.2, 0.25) is 0 Å². The molecule has 1 aromatic rings. The maximum atomic E-state index is 10.9. The summed E-state index contributed by atoms with van der Waals surface area (Å²) >= 11 is 0. The molecule has 0 saturated carbocycles. The molecule has 2 atom stereocenters. The summed E-state index contributed by atoms with van der Waals surface area (Å²) in [5.41, 5.74) is 13.8. The van der Waals surface area contributed by atoms with Crippen molar-refractivity contribution in [3.8, 4) is 0 Å². The zero-order chi connectivity index (χ0) is 14.4. The van der Waals surface area contributed by atoms with Crippen molar-refractivity contribution in [2.45, 2.75) is 46.1 Å². The van der Waals surface area contributed by atoms with Crippen LogP contribution < -0.4 is 11.5 Å². The highest BCUT2D eigenvalue weighted by Gasteiger charge is 2.13. The van der Waals surface area contributed by atoms with Crippen LogP contribution in [-0.2, 0) is 11.2 Å². The van der Waals surface area contributed by atoms with Gasteiger partial charge in [-0.1, -0.05) is 45.0 Å². The average molecular weight is 262 g/mol. The summed E-state index contributed by atoms with van der Waals surface area (Å²) in [4.78, 5) is 10.9. The summed E-state index contributed by atoms with van der Waals surface area (Å²) in [5, 5.41) is 0. The smallest absolute Gasteiger partial charge is 0.217 e. The third-order valence-electron chi connectivity index (χ3n) is 3.26. The van der Waals surface area contributed by atoms with Gasteiger partial charge in [0, 0.05) is 12.5 Å². The van der Waals surface area contributed by atoms with Gasteiger partial charge in [-0.25, -0.2) is 0 Å². The molecule has 0 aliphatic rings. The quantitative estimate of drug-likeness (QED) is 0.793. The molecule has 0 radical (unpaired) electrons. The SMILES string of the molecule is CC(C)Cc1ccc(C(N)CC(C)CC(N)=O)cc1. The van der Waals surface area contributed by atoms with Crippen LogP contribution in [0.3, 0.4) is 0 Å². The first-order valence-corrected chi connectivity index (χ1v) is 7.01. The molecule has 0 spiro atoms. The normalized spacial score (nSPS) is 14.4. The number of hydrogen-bond donors (Lipinski definition) is 2. The van der Waals surface area contributed by atoms with Crippen molar-refractivity contribution < 1.29 is 4.79 Å². The molecule has 0 fully saturated rings. The van der Waals surface area contributed by atoms with Crippen LogP contribution in [0.1, 0.15) is 50.8 Å². The van der Waals surface area contributed by atoms with Crippen LogP contribution in [0.25, 0.3) is 0 Å². The van der Waals surface area contributed by atoms with E-state index in [2.05, 4.69) is 38.1 Å². The zero-order valence-electron chi connectivity index (χ0n) is 12.2. The van der Waals surface area contributed by atoms with Crippen LogP contribution >= 0.6 is 0 Å². The van der Waals surface area contributed by atoms with Gasteiger partial charge in [0.05, 0.1) is 0 Å². The summed E-state index contributed by atoms with van der Waals surface area (Å²) in [5.74, 6) is 0.630. The Labute approximate surface area is 116 Å². The minimum Gasteiger partial charge on any atom is -0.370 e. The average Bonchev–Trinajstić information content (AvgIpc) is 2.27. The van der Waals surface area contributed by atoms with Gasteiger partial charge in [0.25, 0.3) is 0 Å². The molecule has 0 bridgehead atoms. The van der Waals surface area contributed by atoms with Gasteiger partial charge in [-0.3, -0.25) is 4.79 Å². The highest BCUT2D eigenvalue weighted by Crippen LogP contribution is 2.21. The van der Waals surface area contributed by atoms with Crippen molar-refractivity contribution in [1.82, 2.24) is 0 Å². The van der Waals surface area contributed by atoms with Crippen LogP contribution in [0.4, 0.5) is 0 Å². The molecule has 1 aromatic carbocycles. The zero-order valence-corrected chi connectivity index (χ0v) is 12.2. The molecule has 3 heteroatoms. The fraction of sp³-hybridized carbons (Fsp3) is 0.562. The van der Waals surface area contributed by atoms with Gasteiger partial charge in [-0.15, -0.1) is 0 Å². The summed E-state index contributed by atoms with van der Waals surface area (Å²) in [6.45, 7) is 6.44. The largest absolute Gasteiger partial charge is 0.370 e. The maximum absolute atomic E-state index is 10.9. The van der Waals surface area contributed by atoms with Crippen molar-refractivity contribution in [3.63, 3.8) is 0 Å². The molecular formula is C16H26N2O. The van der Waals surface area contributed by atoms with E-state index in [1.165, 1.54) is 5.56 Å². The number of amides is 1. The maximum Gasteiger partial charge on any atom is 0.217 e. The molecule has 2 unspecified atom stereocenters. The first-order valence-electron chi connectivity index (χ1n) is 7.01. The molecule has 0 aromatic heterocycles. The third-order valence-corrected chi connectivity index (χ3v) is 3.26. The summed E-state index contributed by atoms with van der Waals surface area (Å²) in [6.07, 6.45) is 2.28. The second kappa shape index (κ2) is 7.29. The number of benzene rings is 1. The van der Waals surface area contributed by atoms with E-state index in [0.29, 0.717) is 12.3 Å². The number of nitrogens with two attached hydrogens (primary N) is 2. The van der Waals surface area contributed by atoms with Crippen molar-refractivity contribution in [2.24, 2.45) is 23.3 Å². The number of carbonyl (C=O) groups excluding carboxylic acids is 1. The molecule has 1 amide bonds. The predicted octanol–water partition coefficient (Wildman–Crippen LogP) is 2.79. The fourth-order valence-corrected chi connectivity index (χ4v) is 2.37. The van der Waals surface area contributed by atoms with Crippen molar-refractivity contribution in [2.75, 3.05) is 0 Å². The van der Waals surface area contributed by atoms with E-state index in [0.717, 1.165) is 18.4 Å². The van der Waals surface area contributed by atoms with Crippen molar-refractivity contribution >= 4 is 5.91 Å². The van der Waals surface area contributed by atoms with Crippen LogP contribution in [0.15, 0.2) is 24.3 Å². The Balaban J connectivity index is 2.57. The number of primary amides is 1. The minimum atomic E-state index is -0.257. The second-order valence-corrected chi connectivity index (χ2v) is 5.96. The lowest BCUT2D eigenvalue weighted by atomic mass is 9.93. The number of rotatable bonds is 7. The van der Waals surface area contributed by atoms with Crippen molar-refractivity contribution in [1.29, 1.82) is 0 Å². The lowest BCUT2D eigenvalue weighted by molar-refractivity contribution is -0.118. The molecule has 0 aliphatic heterocycles. The molecule has 0 aliphatic carbocycles. The molecule has 1 rings (SSSR count). The van der Waals surface area contributed by atoms with E-state index in [1.54, 1.807) is 0 Å². The topological polar surface area (TPSA) is 69.1 Å². The predicted molar refractivity (Wildman–Crippen MR) is 79.5 cm³/mol. The summed E-state index contributed by atoms with van der Waals surface area (Å²) < 4.78 is 0. The highest BCUT2D eigenvalue weighted by atomic mass is 16.1. The Bertz CT molecular complexity index is 398. The van der Waals surface area contributed by atoms with Crippen molar-refractivity contribution in [3.05, 3.63) is 35.4 Å². The van der Waals surface area contributed by atoms with E-state index < -0.39 is 0 Å². The molecule has 19 heavy (non-hydrogen) atoms. The van der Waals surface area contributed by atoms with Crippen LogP contribution in [-0.4, -0.2) is 5.91 Å². The number of hydrogen-bond acceptors (Lipinski definition) is 2.